The lowest BCUT2D eigenvalue weighted by Crippen LogP contribution is -2.33. The number of carbonyl (C=O) groups excluding carboxylic acids is 2. The lowest BCUT2D eigenvalue weighted by atomic mass is 10.1. The van der Waals surface area contributed by atoms with E-state index in [1.54, 1.807) is 27.7 Å². The number of carbonyl (C=O) groups is 2. The molecule has 1 aliphatic heterocycles. The minimum absolute atomic E-state index is 0.00245. The zero-order valence-electron chi connectivity index (χ0n) is 20.2. The molecule has 0 bridgehead atoms. The van der Waals surface area contributed by atoms with Crippen molar-refractivity contribution in [1.82, 2.24) is 9.55 Å². The molecule has 15 heteroatoms. The third-order valence-electron chi connectivity index (χ3n) is 4.28. The zero-order valence-corrected chi connectivity index (χ0v) is 21.1. The van der Waals surface area contributed by atoms with E-state index < -0.39 is 58.1 Å². The molecular formula is C20H31N2O12P. The maximum atomic E-state index is 12.1. The summed E-state index contributed by atoms with van der Waals surface area (Å²) in [5.41, 5.74) is -1.09. The van der Waals surface area contributed by atoms with Gasteiger partial charge in [0, 0.05) is 18.2 Å². The molecule has 0 radical (unpaired) electrons. The van der Waals surface area contributed by atoms with Crippen molar-refractivity contribution in [2.75, 3.05) is 20.2 Å². The third-order valence-corrected chi connectivity index (χ3v) is 5.27. The smallest absolute Gasteiger partial charge is 0.432 e. The van der Waals surface area contributed by atoms with Crippen molar-refractivity contribution in [1.29, 1.82) is 0 Å². The molecule has 0 amide bonds. The summed E-state index contributed by atoms with van der Waals surface area (Å²) in [5.74, 6) is -0.0662. The fraction of sp³-hybridized carbons (Fsp3) is 0.700. The van der Waals surface area contributed by atoms with Gasteiger partial charge < -0.3 is 28.2 Å². The molecule has 1 saturated heterocycles. The second-order valence-electron chi connectivity index (χ2n) is 8.01. The van der Waals surface area contributed by atoms with Crippen LogP contribution in [-0.2, 0) is 37.3 Å². The lowest BCUT2D eigenvalue weighted by molar-refractivity contribution is -0.0507. The number of nitrogens with one attached hydrogen (secondary N) is 1. The molecule has 35 heavy (non-hydrogen) atoms. The molecule has 2 heterocycles. The third kappa shape index (κ3) is 10.3. The Labute approximate surface area is 202 Å². The monoisotopic (exact) mass is 522 g/mol. The van der Waals surface area contributed by atoms with Crippen LogP contribution < -0.4 is 11.2 Å². The Balaban J connectivity index is 1.89. The van der Waals surface area contributed by atoms with Gasteiger partial charge in [-0.1, -0.05) is 6.92 Å². The molecule has 2 rings (SSSR count). The van der Waals surface area contributed by atoms with Crippen molar-refractivity contribution in [3.05, 3.63) is 33.1 Å². The summed E-state index contributed by atoms with van der Waals surface area (Å²) in [4.78, 5) is 48.6. The highest BCUT2D eigenvalue weighted by molar-refractivity contribution is 7.41. The van der Waals surface area contributed by atoms with Crippen LogP contribution >= 0.6 is 8.60 Å². The van der Waals surface area contributed by atoms with Crippen LogP contribution in [0.4, 0.5) is 9.59 Å². The van der Waals surface area contributed by atoms with Gasteiger partial charge in [0.25, 0.3) is 5.56 Å². The van der Waals surface area contributed by atoms with E-state index in [2.05, 4.69) is 4.98 Å². The second kappa shape index (κ2) is 14.1. The Morgan fingerprint density at radius 2 is 1.63 bits per heavy atom. The standard InChI is InChI=1S/C20H31N2O12P/c1-12(2)32-19(25)27-10-30-35(31-11-28-20(26)33-13(3)4)29-9-15-8-14(5)17(34-15)22-7-6-16(23)21-18(22)24/h6-7,12-15,17H,8-11H2,1-5H3,(H,21,23,24). The average molecular weight is 522 g/mol. The van der Waals surface area contributed by atoms with Gasteiger partial charge in [-0.2, -0.15) is 0 Å². The van der Waals surface area contributed by atoms with Gasteiger partial charge in [-0.05, 0) is 34.1 Å². The van der Waals surface area contributed by atoms with Crippen LogP contribution in [0, 0.1) is 5.92 Å². The number of hydrogen-bond donors (Lipinski definition) is 1. The number of rotatable bonds is 12. The molecule has 1 aliphatic rings. The van der Waals surface area contributed by atoms with Crippen LogP contribution in [0.2, 0.25) is 0 Å². The Morgan fingerprint density at radius 3 is 2.14 bits per heavy atom. The highest BCUT2D eigenvalue weighted by Gasteiger charge is 2.35. The number of aromatic amines is 1. The summed E-state index contributed by atoms with van der Waals surface area (Å²) in [7, 11) is -2.13. The Kier molecular flexibility index (Phi) is 11.6. The molecule has 1 N–H and O–H groups in total. The van der Waals surface area contributed by atoms with Crippen LogP contribution in [0.3, 0.4) is 0 Å². The van der Waals surface area contributed by atoms with Crippen LogP contribution in [-0.4, -0.2) is 60.4 Å². The van der Waals surface area contributed by atoms with Crippen molar-refractivity contribution in [3.8, 4) is 0 Å². The molecule has 1 aromatic heterocycles. The topological polar surface area (TPSA) is 163 Å². The summed E-state index contributed by atoms with van der Waals surface area (Å²) in [5, 5.41) is 0. The van der Waals surface area contributed by atoms with Crippen LogP contribution in [0.15, 0.2) is 21.9 Å². The van der Waals surface area contributed by atoms with E-state index in [1.807, 2.05) is 6.92 Å². The lowest BCUT2D eigenvalue weighted by Gasteiger charge is -2.20. The first-order chi connectivity index (χ1) is 16.5. The molecule has 0 spiro atoms. The van der Waals surface area contributed by atoms with E-state index in [4.69, 9.17) is 37.3 Å². The maximum absolute atomic E-state index is 12.1. The van der Waals surface area contributed by atoms with Gasteiger partial charge in [0.15, 0.2) is 0 Å². The number of H-pyrrole nitrogens is 1. The van der Waals surface area contributed by atoms with Crippen LogP contribution in [0.5, 0.6) is 0 Å². The Bertz CT molecular complexity index is 905. The molecule has 198 valence electrons. The first kappa shape index (κ1) is 28.7. The minimum Gasteiger partial charge on any atom is -0.432 e. The molecule has 1 aromatic rings. The molecule has 1 fully saturated rings. The van der Waals surface area contributed by atoms with E-state index in [1.165, 1.54) is 16.8 Å². The summed E-state index contributed by atoms with van der Waals surface area (Å²) in [6.07, 6.45) is -1.76. The van der Waals surface area contributed by atoms with Crippen LogP contribution in [0.1, 0.15) is 47.3 Å². The van der Waals surface area contributed by atoms with E-state index >= 15 is 0 Å². The van der Waals surface area contributed by atoms with Crippen molar-refractivity contribution in [2.24, 2.45) is 5.92 Å². The number of hydrogen-bond acceptors (Lipinski definition) is 12. The number of aromatic nitrogens is 2. The van der Waals surface area contributed by atoms with Crippen molar-refractivity contribution >= 4 is 20.9 Å². The normalized spacial score (nSPS) is 19.8. The number of nitrogens with zero attached hydrogens (tertiary/aromatic N) is 1. The Hall–Kier alpha value is -2.51. The van der Waals surface area contributed by atoms with Gasteiger partial charge >= 0.3 is 26.6 Å². The summed E-state index contributed by atoms with van der Waals surface area (Å²) in [6.45, 7) is 7.45. The minimum atomic E-state index is -2.13. The molecular weight excluding hydrogens is 491 g/mol. The predicted octanol–water partition coefficient (Wildman–Crippen LogP) is 2.78. The van der Waals surface area contributed by atoms with Gasteiger partial charge in [-0.15, -0.1) is 0 Å². The van der Waals surface area contributed by atoms with Gasteiger partial charge in [0.1, 0.15) is 6.23 Å². The molecule has 0 aromatic carbocycles. The van der Waals surface area contributed by atoms with E-state index in [9.17, 15) is 19.2 Å². The second-order valence-corrected chi connectivity index (χ2v) is 9.24. The van der Waals surface area contributed by atoms with E-state index in [0.29, 0.717) is 6.42 Å². The zero-order chi connectivity index (χ0) is 26.0. The molecule has 0 aliphatic carbocycles. The highest BCUT2D eigenvalue weighted by Crippen LogP contribution is 2.42. The molecule has 3 unspecified atom stereocenters. The predicted molar refractivity (Wildman–Crippen MR) is 119 cm³/mol. The molecule has 0 saturated carbocycles. The maximum Gasteiger partial charge on any atom is 0.510 e. The SMILES string of the molecule is CC(C)OC(=O)OCOP(OCOC(=O)OC(C)C)OCC1CC(C)C(n2ccc(=O)[nH]c2=O)O1. The van der Waals surface area contributed by atoms with Gasteiger partial charge in [-0.3, -0.25) is 23.4 Å². The quantitative estimate of drug-likeness (QED) is 0.243. The summed E-state index contributed by atoms with van der Waals surface area (Å²) >= 11 is 0. The largest absolute Gasteiger partial charge is 0.510 e. The van der Waals surface area contributed by atoms with Gasteiger partial charge in [0.05, 0.1) is 24.9 Å². The van der Waals surface area contributed by atoms with Gasteiger partial charge in [0.2, 0.25) is 13.6 Å². The van der Waals surface area contributed by atoms with Crippen molar-refractivity contribution in [3.63, 3.8) is 0 Å². The highest BCUT2D eigenvalue weighted by atomic mass is 31.2. The van der Waals surface area contributed by atoms with Gasteiger partial charge in [-0.25, -0.2) is 14.4 Å². The van der Waals surface area contributed by atoms with E-state index in [-0.39, 0.29) is 24.7 Å². The Morgan fingerprint density at radius 1 is 1.06 bits per heavy atom. The van der Waals surface area contributed by atoms with E-state index in [0.717, 1.165) is 0 Å². The fourth-order valence-corrected chi connectivity index (χ4v) is 3.73. The molecule has 3 atom stereocenters. The summed E-state index contributed by atoms with van der Waals surface area (Å²) in [6, 6.07) is 1.23. The first-order valence-electron chi connectivity index (χ1n) is 10.9. The first-order valence-corrected chi connectivity index (χ1v) is 12.0. The number of ether oxygens (including phenoxy) is 5. The molecule has 14 nitrogen and oxygen atoms in total. The van der Waals surface area contributed by atoms with Crippen LogP contribution in [0.25, 0.3) is 0 Å². The fourth-order valence-electron chi connectivity index (χ4n) is 2.94. The van der Waals surface area contributed by atoms with Crippen molar-refractivity contribution in [2.45, 2.75) is 65.6 Å². The van der Waals surface area contributed by atoms with Crippen molar-refractivity contribution < 1.29 is 46.8 Å². The summed E-state index contributed by atoms with van der Waals surface area (Å²) < 4.78 is 42.7. The average Bonchev–Trinajstić information content (AvgIpc) is 3.10.